The van der Waals surface area contributed by atoms with Gasteiger partial charge in [0, 0.05) is 12.1 Å². The second-order valence-electron chi connectivity index (χ2n) is 4.25. The van der Waals surface area contributed by atoms with E-state index in [1.54, 1.807) is 24.3 Å². The minimum Gasteiger partial charge on any atom is -0.508 e. The second-order valence-corrected chi connectivity index (χ2v) is 4.25. The molecule has 0 aliphatic carbocycles. The van der Waals surface area contributed by atoms with E-state index in [9.17, 15) is 20.1 Å². The molecule has 0 amide bonds. The van der Waals surface area contributed by atoms with Gasteiger partial charge in [-0.2, -0.15) is 0 Å². The van der Waals surface area contributed by atoms with Gasteiger partial charge < -0.3 is 24.8 Å². The van der Waals surface area contributed by atoms with E-state index in [4.69, 9.17) is 9.47 Å². The van der Waals surface area contributed by atoms with Crippen LogP contribution in [0.25, 0.3) is 0 Å². The molecule has 2 rings (SSSR count). The van der Waals surface area contributed by atoms with Crippen molar-refractivity contribution in [3.63, 3.8) is 0 Å². The average molecular weight is 290 g/mol. The van der Waals surface area contributed by atoms with Gasteiger partial charge in [0.25, 0.3) is 0 Å². The van der Waals surface area contributed by atoms with Crippen molar-refractivity contribution >= 4 is 5.78 Å². The lowest BCUT2D eigenvalue weighted by Crippen LogP contribution is -2.12. The third kappa shape index (κ3) is 3.36. The first kappa shape index (κ1) is 14.5. The van der Waals surface area contributed by atoms with Crippen molar-refractivity contribution in [3.8, 4) is 28.7 Å². The molecule has 0 spiro atoms. The summed E-state index contributed by atoms with van der Waals surface area (Å²) in [4.78, 5) is 11.9. The molecular formula is C15H14O6. The third-order valence-electron chi connectivity index (χ3n) is 2.79. The number of phenols is 3. The highest BCUT2D eigenvalue weighted by Gasteiger charge is 2.18. The number of rotatable bonds is 5. The normalized spacial score (nSPS) is 10.1. The molecule has 6 nitrogen and oxygen atoms in total. The van der Waals surface area contributed by atoms with Crippen molar-refractivity contribution in [2.24, 2.45) is 0 Å². The number of ketones is 1. The first-order valence-corrected chi connectivity index (χ1v) is 6.06. The minimum absolute atomic E-state index is 0.290. The highest BCUT2D eigenvalue weighted by molar-refractivity contribution is 6.02. The van der Waals surface area contributed by atoms with Crippen LogP contribution in [0.5, 0.6) is 28.7 Å². The Morgan fingerprint density at radius 1 is 1.00 bits per heavy atom. The Kier molecular flexibility index (Phi) is 4.18. The Balaban J connectivity index is 2.08. The topological polar surface area (TPSA) is 96.2 Å². The molecule has 0 saturated carbocycles. The fourth-order valence-electron chi connectivity index (χ4n) is 1.78. The summed E-state index contributed by atoms with van der Waals surface area (Å²) in [5, 5.41) is 28.4. The van der Waals surface area contributed by atoms with Gasteiger partial charge in [0.15, 0.2) is 6.61 Å². The molecule has 0 atom stereocenters. The number of carbonyl (C=O) groups is 1. The van der Waals surface area contributed by atoms with Crippen molar-refractivity contribution in [1.82, 2.24) is 0 Å². The number of benzene rings is 2. The van der Waals surface area contributed by atoms with Crippen LogP contribution in [0.15, 0.2) is 36.4 Å². The van der Waals surface area contributed by atoms with Crippen LogP contribution < -0.4 is 9.47 Å². The minimum atomic E-state index is -0.610. The molecule has 0 heterocycles. The van der Waals surface area contributed by atoms with Crippen LogP contribution in [0.4, 0.5) is 0 Å². The summed E-state index contributed by atoms with van der Waals surface area (Å²) in [6, 6.07) is 8.55. The number of phenolic OH excluding ortho intramolecular Hbond substituents is 3. The quantitative estimate of drug-likeness (QED) is 0.729. The monoisotopic (exact) mass is 290 g/mol. The molecular weight excluding hydrogens is 276 g/mol. The molecule has 0 unspecified atom stereocenters. The van der Waals surface area contributed by atoms with Crippen LogP contribution in [-0.4, -0.2) is 34.8 Å². The third-order valence-corrected chi connectivity index (χ3v) is 2.79. The Hall–Kier alpha value is -2.89. The summed E-state index contributed by atoms with van der Waals surface area (Å²) in [6.45, 7) is -0.363. The molecule has 0 aromatic heterocycles. The zero-order chi connectivity index (χ0) is 15.4. The van der Waals surface area contributed by atoms with Gasteiger partial charge in [-0.05, 0) is 24.3 Å². The molecule has 0 aliphatic rings. The lowest BCUT2D eigenvalue weighted by molar-refractivity contribution is 0.0916. The van der Waals surface area contributed by atoms with Crippen molar-refractivity contribution in [2.45, 2.75) is 0 Å². The number of ether oxygens (including phenoxy) is 2. The predicted molar refractivity (Wildman–Crippen MR) is 74.3 cm³/mol. The van der Waals surface area contributed by atoms with Crippen LogP contribution in [-0.2, 0) is 0 Å². The summed E-state index contributed by atoms with van der Waals surface area (Å²) in [5.41, 5.74) is -0.290. The molecule has 3 N–H and O–H groups in total. The van der Waals surface area contributed by atoms with Gasteiger partial charge in [-0.1, -0.05) is 0 Å². The van der Waals surface area contributed by atoms with Crippen LogP contribution in [0.1, 0.15) is 10.4 Å². The molecule has 6 heteroatoms. The molecule has 0 bridgehead atoms. The summed E-state index contributed by atoms with van der Waals surface area (Å²) < 4.78 is 10.3. The second kappa shape index (κ2) is 6.04. The molecule has 0 saturated heterocycles. The van der Waals surface area contributed by atoms with Gasteiger partial charge in [0.1, 0.15) is 34.3 Å². The van der Waals surface area contributed by atoms with Crippen molar-refractivity contribution in [3.05, 3.63) is 42.0 Å². The number of hydrogen-bond donors (Lipinski definition) is 3. The first-order chi connectivity index (χ1) is 10.0. The number of methoxy groups -OCH3 is 1. The summed E-state index contributed by atoms with van der Waals surface area (Å²) in [7, 11) is 1.54. The van der Waals surface area contributed by atoms with E-state index in [2.05, 4.69) is 0 Å². The van der Waals surface area contributed by atoms with Crippen LogP contribution >= 0.6 is 0 Å². The zero-order valence-corrected chi connectivity index (χ0v) is 11.2. The van der Waals surface area contributed by atoms with Crippen LogP contribution in [0.3, 0.4) is 0 Å². The lowest BCUT2D eigenvalue weighted by Gasteiger charge is -2.09. The number of Topliss-reactive ketones (excluding diaryl/α,β-unsaturated/α-hetero) is 1. The van der Waals surface area contributed by atoms with Gasteiger partial charge in [-0.3, -0.25) is 4.79 Å². The molecule has 0 aliphatic heterocycles. The van der Waals surface area contributed by atoms with Gasteiger partial charge in [-0.25, -0.2) is 0 Å². The standard InChI is InChI=1S/C15H14O6/c1-20-10-2-4-11(5-3-10)21-8-14(19)15-12(17)6-9(16)7-13(15)18/h2-7,16-18H,8H2,1H3. The molecule has 110 valence electrons. The summed E-state index contributed by atoms with van der Waals surface area (Å²) in [5.74, 6) is -0.852. The van der Waals surface area contributed by atoms with Crippen molar-refractivity contribution in [1.29, 1.82) is 0 Å². The summed E-state index contributed by atoms with van der Waals surface area (Å²) >= 11 is 0. The molecule has 0 fully saturated rings. The SMILES string of the molecule is COc1ccc(OCC(=O)c2c(O)cc(O)cc2O)cc1. The zero-order valence-electron chi connectivity index (χ0n) is 11.2. The maximum Gasteiger partial charge on any atom is 0.207 e. The first-order valence-electron chi connectivity index (χ1n) is 6.06. The van der Waals surface area contributed by atoms with E-state index in [-0.39, 0.29) is 17.9 Å². The number of hydrogen-bond acceptors (Lipinski definition) is 6. The van der Waals surface area contributed by atoms with E-state index in [0.717, 1.165) is 12.1 Å². The van der Waals surface area contributed by atoms with Gasteiger partial charge in [-0.15, -0.1) is 0 Å². The van der Waals surface area contributed by atoms with E-state index in [0.29, 0.717) is 11.5 Å². The highest BCUT2D eigenvalue weighted by Crippen LogP contribution is 2.32. The maximum atomic E-state index is 11.9. The molecule has 21 heavy (non-hydrogen) atoms. The van der Waals surface area contributed by atoms with Gasteiger partial charge in [0.2, 0.25) is 5.78 Å². The van der Waals surface area contributed by atoms with Gasteiger partial charge >= 0.3 is 0 Å². The molecule has 2 aromatic rings. The highest BCUT2D eigenvalue weighted by atomic mass is 16.5. The fourth-order valence-corrected chi connectivity index (χ4v) is 1.78. The largest absolute Gasteiger partial charge is 0.508 e. The van der Waals surface area contributed by atoms with Crippen molar-refractivity contribution in [2.75, 3.05) is 13.7 Å². The van der Waals surface area contributed by atoms with E-state index >= 15 is 0 Å². The number of carbonyl (C=O) groups excluding carboxylic acids is 1. The predicted octanol–water partition coefficient (Wildman–Crippen LogP) is 2.07. The van der Waals surface area contributed by atoms with E-state index < -0.39 is 17.3 Å². The van der Waals surface area contributed by atoms with E-state index in [1.807, 2.05) is 0 Å². The Labute approximate surface area is 120 Å². The van der Waals surface area contributed by atoms with Crippen LogP contribution in [0, 0.1) is 0 Å². The Bertz CT molecular complexity index is 625. The van der Waals surface area contributed by atoms with Crippen LogP contribution in [0.2, 0.25) is 0 Å². The number of aromatic hydroxyl groups is 3. The molecule has 0 radical (unpaired) electrons. The van der Waals surface area contributed by atoms with E-state index in [1.165, 1.54) is 7.11 Å². The maximum absolute atomic E-state index is 11.9. The molecule has 2 aromatic carbocycles. The Morgan fingerprint density at radius 3 is 2.05 bits per heavy atom. The average Bonchev–Trinajstić information content (AvgIpc) is 2.44. The van der Waals surface area contributed by atoms with Crippen molar-refractivity contribution < 1.29 is 29.6 Å². The fraction of sp³-hybridized carbons (Fsp3) is 0.133. The Morgan fingerprint density at radius 2 is 1.52 bits per heavy atom. The summed E-state index contributed by atoms with van der Waals surface area (Å²) in [6.07, 6.45) is 0. The smallest absolute Gasteiger partial charge is 0.207 e. The lowest BCUT2D eigenvalue weighted by atomic mass is 10.1. The van der Waals surface area contributed by atoms with Gasteiger partial charge in [0.05, 0.1) is 7.11 Å².